The van der Waals surface area contributed by atoms with Crippen LogP contribution >= 0.6 is 11.8 Å². The highest BCUT2D eigenvalue weighted by atomic mass is 32.2. The van der Waals surface area contributed by atoms with Gasteiger partial charge in [0.05, 0.1) is 6.61 Å². The molecular formula is C19H16N2O4S. The summed E-state index contributed by atoms with van der Waals surface area (Å²) in [4.78, 5) is 29.0. The maximum atomic E-state index is 12.1. The summed E-state index contributed by atoms with van der Waals surface area (Å²) in [6, 6.07) is 15.6. The van der Waals surface area contributed by atoms with E-state index in [4.69, 9.17) is 5.11 Å². The van der Waals surface area contributed by atoms with E-state index in [1.165, 1.54) is 0 Å². The summed E-state index contributed by atoms with van der Waals surface area (Å²) in [6.45, 7) is -0.874. The zero-order chi connectivity index (χ0) is 18.5. The molecule has 0 unspecified atom stereocenters. The normalized spacial score (nSPS) is 10.7. The smallest absolute Gasteiger partial charge is 0.322 e. The standard InChI is InChI=1S/C19H16N2O4S/c22-11-16-15-7-6-14(26-13-4-2-1-3-5-13)8-12(15)9-20-18(16)19(25)21-10-17(23)24/h1-9,22H,10-11H2,(H,21,25)(H,23,24). The van der Waals surface area contributed by atoms with Gasteiger partial charge in [-0.1, -0.05) is 36.0 Å². The largest absolute Gasteiger partial charge is 0.480 e. The number of nitrogens with one attached hydrogen (secondary N) is 1. The number of pyridine rings is 1. The number of carboxylic acids is 1. The third-order valence-corrected chi connectivity index (χ3v) is 4.72. The van der Waals surface area contributed by atoms with Crippen LogP contribution in [-0.4, -0.2) is 33.6 Å². The van der Waals surface area contributed by atoms with Crippen LogP contribution in [0.2, 0.25) is 0 Å². The second-order valence-electron chi connectivity index (χ2n) is 5.48. The first-order valence-electron chi connectivity index (χ1n) is 7.84. The third kappa shape index (κ3) is 4.01. The minimum Gasteiger partial charge on any atom is -0.480 e. The Morgan fingerprint density at radius 3 is 2.54 bits per heavy atom. The Morgan fingerprint density at radius 1 is 1.08 bits per heavy atom. The molecule has 0 fully saturated rings. The summed E-state index contributed by atoms with van der Waals surface area (Å²) in [6.07, 6.45) is 1.55. The highest BCUT2D eigenvalue weighted by molar-refractivity contribution is 7.99. The molecule has 7 heteroatoms. The summed E-state index contributed by atoms with van der Waals surface area (Å²) >= 11 is 1.60. The number of hydrogen-bond acceptors (Lipinski definition) is 5. The van der Waals surface area contributed by atoms with Crippen molar-refractivity contribution in [1.29, 1.82) is 0 Å². The summed E-state index contributed by atoms with van der Waals surface area (Å²) in [5, 5.41) is 22.1. The van der Waals surface area contributed by atoms with Crippen LogP contribution in [0.5, 0.6) is 0 Å². The summed E-state index contributed by atoms with van der Waals surface area (Å²) in [7, 11) is 0. The lowest BCUT2D eigenvalue weighted by Crippen LogP contribution is -2.30. The fraction of sp³-hybridized carbons (Fsp3) is 0.105. The molecule has 0 saturated heterocycles. The average molecular weight is 368 g/mol. The molecule has 1 heterocycles. The van der Waals surface area contributed by atoms with Crippen LogP contribution in [0.4, 0.5) is 0 Å². The van der Waals surface area contributed by atoms with Gasteiger partial charge < -0.3 is 15.5 Å². The molecule has 0 spiro atoms. The third-order valence-electron chi connectivity index (χ3n) is 3.72. The van der Waals surface area contributed by atoms with Crippen LogP contribution in [-0.2, 0) is 11.4 Å². The number of aliphatic hydroxyl groups excluding tert-OH is 1. The molecule has 3 N–H and O–H groups in total. The van der Waals surface area contributed by atoms with E-state index in [0.717, 1.165) is 15.2 Å². The number of aromatic nitrogens is 1. The first-order valence-corrected chi connectivity index (χ1v) is 8.65. The first kappa shape index (κ1) is 17.9. The second-order valence-corrected chi connectivity index (χ2v) is 6.63. The summed E-state index contributed by atoms with van der Waals surface area (Å²) in [5.74, 6) is -1.77. The molecule has 0 aliphatic carbocycles. The minimum atomic E-state index is -1.15. The number of nitrogens with zero attached hydrogens (tertiary/aromatic N) is 1. The molecule has 0 radical (unpaired) electrons. The van der Waals surface area contributed by atoms with E-state index < -0.39 is 18.4 Å². The number of carboxylic acid groups (broad SMARTS) is 1. The van der Waals surface area contributed by atoms with Gasteiger partial charge in [-0.15, -0.1) is 0 Å². The van der Waals surface area contributed by atoms with Crippen LogP contribution in [0.15, 0.2) is 64.5 Å². The molecule has 26 heavy (non-hydrogen) atoms. The lowest BCUT2D eigenvalue weighted by Gasteiger charge is -2.11. The van der Waals surface area contributed by atoms with E-state index in [9.17, 15) is 14.7 Å². The van der Waals surface area contributed by atoms with E-state index in [2.05, 4.69) is 10.3 Å². The van der Waals surface area contributed by atoms with Crippen molar-refractivity contribution >= 4 is 34.4 Å². The number of aliphatic hydroxyl groups is 1. The molecule has 6 nitrogen and oxygen atoms in total. The Hall–Kier alpha value is -2.90. The van der Waals surface area contributed by atoms with Gasteiger partial charge in [-0.3, -0.25) is 14.6 Å². The summed E-state index contributed by atoms with van der Waals surface area (Å²) in [5.41, 5.74) is 0.409. The van der Waals surface area contributed by atoms with Crippen LogP contribution in [0.1, 0.15) is 16.1 Å². The van der Waals surface area contributed by atoms with Gasteiger partial charge in [0, 0.05) is 26.9 Å². The number of carbonyl (C=O) groups excluding carboxylic acids is 1. The molecule has 3 rings (SSSR count). The Bertz CT molecular complexity index is 960. The Balaban J connectivity index is 1.93. The van der Waals surface area contributed by atoms with E-state index in [1.54, 1.807) is 18.0 Å². The van der Waals surface area contributed by atoms with Gasteiger partial charge in [-0.05, 0) is 29.7 Å². The fourth-order valence-corrected chi connectivity index (χ4v) is 3.43. The Labute approximate surface area is 153 Å². The minimum absolute atomic E-state index is 0.0321. The van der Waals surface area contributed by atoms with Crippen molar-refractivity contribution in [2.75, 3.05) is 6.54 Å². The van der Waals surface area contributed by atoms with E-state index in [0.29, 0.717) is 10.9 Å². The van der Waals surface area contributed by atoms with Gasteiger partial charge >= 0.3 is 5.97 Å². The number of aliphatic carboxylic acids is 1. The number of hydrogen-bond donors (Lipinski definition) is 3. The predicted octanol–water partition coefficient (Wildman–Crippen LogP) is 2.69. The second kappa shape index (κ2) is 7.99. The quantitative estimate of drug-likeness (QED) is 0.619. The van der Waals surface area contributed by atoms with Crippen LogP contribution < -0.4 is 5.32 Å². The highest BCUT2D eigenvalue weighted by Gasteiger charge is 2.16. The monoisotopic (exact) mass is 368 g/mol. The molecule has 2 aromatic carbocycles. The van der Waals surface area contributed by atoms with Crippen LogP contribution in [0.25, 0.3) is 10.8 Å². The molecule has 0 atom stereocenters. The van der Waals surface area contributed by atoms with Gasteiger partial charge in [0.1, 0.15) is 12.2 Å². The topological polar surface area (TPSA) is 99.5 Å². The van der Waals surface area contributed by atoms with E-state index in [1.807, 2.05) is 48.5 Å². The van der Waals surface area contributed by atoms with Crippen LogP contribution in [0.3, 0.4) is 0 Å². The Kier molecular flexibility index (Phi) is 5.50. The number of rotatable bonds is 6. The maximum absolute atomic E-state index is 12.1. The Morgan fingerprint density at radius 2 is 1.85 bits per heavy atom. The van der Waals surface area contributed by atoms with Crippen molar-refractivity contribution in [3.05, 3.63) is 66.0 Å². The van der Waals surface area contributed by atoms with Gasteiger partial charge in [-0.2, -0.15) is 0 Å². The van der Waals surface area contributed by atoms with Gasteiger partial charge in [0.2, 0.25) is 0 Å². The number of fused-ring (bicyclic) bond motifs is 1. The van der Waals surface area contributed by atoms with E-state index >= 15 is 0 Å². The van der Waals surface area contributed by atoms with E-state index in [-0.39, 0.29) is 12.3 Å². The SMILES string of the molecule is O=C(O)CNC(=O)c1ncc2cc(Sc3ccccc3)ccc2c1CO. The lowest BCUT2D eigenvalue weighted by atomic mass is 10.0. The molecular weight excluding hydrogens is 352 g/mol. The van der Waals surface area contributed by atoms with Gasteiger partial charge in [0.15, 0.2) is 0 Å². The van der Waals surface area contributed by atoms with Gasteiger partial charge in [0.25, 0.3) is 5.91 Å². The molecule has 0 saturated carbocycles. The van der Waals surface area contributed by atoms with Crippen molar-refractivity contribution in [2.45, 2.75) is 16.4 Å². The zero-order valence-corrected chi connectivity index (χ0v) is 14.5. The molecule has 3 aromatic rings. The molecule has 1 amide bonds. The molecule has 0 aliphatic rings. The van der Waals surface area contributed by atoms with Crippen LogP contribution in [0, 0.1) is 0 Å². The zero-order valence-electron chi connectivity index (χ0n) is 13.7. The maximum Gasteiger partial charge on any atom is 0.322 e. The summed E-state index contributed by atoms with van der Waals surface area (Å²) < 4.78 is 0. The predicted molar refractivity (Wildman–Crippen MR) is 98.2 cm³/mol. The number of carbonyl (C=O) groups is 2. The van der Waals surface area contributed by atoms with Crippen molar-refractivity contribution in [1.82, 2.24) is 10.3 Å². The fourth-order valence-electron chi connectivity index (χ4n) is 2.55. The molecule has 132 valence electrons. The first-order chi connectivity index (χ1) is 12.6. The molecule has 1 aromatic heterocycles. The van der Waals surface area contributed by atoms with Crippen molar-refractivity contribution in [3.8, 4) is 0 Å². The number of benzene rings is 2. The lowest BCUT2D eigenvalue weighted by molar-refractivity contribution is -0.135. The highest BCUT2D eigenvalue weighted by Crippen LogP contribution is 2.31. The van der Waals surface area contributed by atoms with Crippen molar-refractivity contribution in [2.24, 2.45) is 0 Å². The number of amides is 1. The molecule has 0 bridgehead atoms. The molecule has 0 aliphatic heterocycles. The van der Waals surface area contributed by atoms with Crippen molar-refractivity contribution < 1.29 is 19.8 Å². The average Bonchev–Trinajstić information content (AvgIpc) is 2.65. The van der Waals surface area contributed by atoms with Crippen molar-refractivity contribution in [3.63, 3.8) is 0 Å². The van der Waals surface area contributed by atoms with Gasteiger partial charge in [-0.25, -0.2) is 0 Å².